The van der Waals surface area contributed by atoms with E-state index >= 15 is 0 Å². The van der Waals surface area contributed by atoms with Crippen molar-refractivity contribution >= 4 is 12.0 Å². The summed E-state index contributed by atoms with van der Waals surface area (Å²) in [5, 5.41) is 0. The van der Waals surface area contributed by atoms with E-state index in [9.17, 15) is 0 Å². The van der Waals surface area contributed by atoms with Crippen molar-refractivity contribution in [1.29, 1.82) is 0 Å². The lowest BCUT2D eigenvalue weighted by Crippen LogP contribution is -1.95. The summed E-state index contributed by atoms with van der Waals surface area (Å²) in [6.45, 7) is 1.59. The first-order chi connectivity index (χ1) is 6.45. The first kappa shape index (κ1) is 9.06. The Morgan fingerprint density at radius 3 is 2.85 bits per heavy atom. The van der Waals surface area contributed by atoms with Crippen molar-refractivity contribution in [3.8, 4) is 0 Å². The topological polar surface area (TPSA) is 21.8 Å². The molecule has 0 N–H and O–H groups in total. The van der Waals surface area contributed by atoms with E-state index in [1.54, 1.807) is 0 Å². The van der Waals surface area contributed by atoms with E-state index in [1.807, 2.05) is 18.2 Å². The van der Waals surface area contributed by atoms with Gasteiger partial charge in [-0.1, -0.05) is 30.3 Å². The second kappa shape index (κ2) is 4.65. The van der Waals surface area contributed by atoms with E-state index in [0.717, 1.165) is 19.0 Å². The molecule has 1 aromatic rings. The molecule has 1 aliphatic heterocycles. The second-order valence-corrected chi connectivity index (χ2v) is 3.75. The maximum atomic E-state index is 5.35. The largest absolute Gasteiger partial charge is 0.371 e. The zero-order chi connectivity index (χ0) is 8.93. The molecule has 1 aliphatic rings. The Morgan fingerprint density at radius 2 is 2.15 bits per heavy atom. The van der Waals surface area contributed by atoms with Gasteiger partial charge in [-0.2, -0.15) is 0 Å². The first-order valence-corrected chi connectivity index (χ1v) is 5.26. The van der Waals surface area contributed by atoms with Crippen LogP contribution in [-0.4, -0.2) is 19.3 Å². The van der Waals surface area contributed by atoms with Crippen LogP contribution in [0.3, 0.4) is 0 Å². The summed E-state index contributed by atoms with van der Waals surface area (Å²) in [7, 11) is 0. The molecule has 1 saturated heterocycles. The van der Waals surface area contributed by atoms with Gasteiger partial charge in [-0.3, -0.25) is 0 Å². The maximum absolute atomic E-state index is 5.35. The normalized spacial score (nSPS) is 20.2. The van der Waals surface area contributed by atoms with Crippen LogP contribution in [0, 0.1) is 0 Å². The molecule has 3 heteroatoms. The Kier molecular flexibility index (Phi) is 3.24. The highest BCUT2D eigenvalue weighted by molar-refractivity contribution is 7.93. The lowest BCUT2D eigenvalue weighted by Gasteiger charge is -2.00. The molecule has 0 aromatic heterocycles. The van der Waals surface area contributed by atoms with Crippen LogP contribution in [0.15, 0.2) is 30.3 Å². The molecule has 0 aliphatic carbocycles. The molecule has 2 nitrogen and oxygen atoms in total. The highest BCUT2D eigenvalue weighted by Crippen LogP contribution is 2.16. The van der Waals surface area contributed by atoms with Crippen LogP contribution in [0.2, 0.25) is 0 Å². The molecule has 1 atom stereocenters. The molecule has 0 radical (unpaired) electrons. The Bertz CT molecular complexity index is 246. The average Bonchev–Trinajstić information content (AvgIpc) is 2.98. The quantitative estimate of drug-likeness (QED) is 0.409. The second-order valence-electron chi connectivity index (χ2n) is 2.99. The van der Waals surface area contributed by atoms with Crippen LogP contribution in [0.4, 0.5) is 0 Å². The SMILES string of the molecule is c1ccc(CSOCC2CO2)cc1. The molecule has 2 rings (SSSR count). The van der Waals surface area contributed by atoms with Crippen molar-refractivity contribution in [3.05, 3.63) is 35.9 Å². The van der Waals surface area contributed by atoms with Gasteiger partial charge >= 0.3 is 0 Å². The van der Waals surface area contributed by atoms with Gasteiger partial charge in [0.15, 0.2) is 0 Å². The van der Waals surface area contributed by atoms with E-state index in [-0.39, 0.29) is 0 Å². The van der Waals surface area contributed by atoms with Gasteiger partial charge in [0.1, 0.15) is 6.10 Å². The standard InChI is InChI=1S/C10H12O2S/c1-2-4-9(5-3-1)8-13-12-7-10-6-11-10/h1-5,10H,6-8H2. The minimum Gasteiger partial charge on any atom is -0.371 e. The molecule has 1 fully saturated rings. The van der Waals surface area contributed by atoms with Gasteiger partial charge in [0.2, 0.25) is 0 Å². The third kappa shape index (κ3) is 3.38. The van der Waals surface area contributed by atoms with E-state index in [2.05, 4.69) is 12.1 Å². The summed E-state index contributed by atoms with van der Waals surface area (Å²) in [6.07, 6.45) is 0.364. The van der Waals surface area contributed by atoms with Crippen LogP contribution in [0.1, 0.15) is 5.56 Å². The molecule has 1 aromatic carbocycles. The molecular weight excluding hydrogens is 184 g/mol. The molecule has 0 amide bonds. The fraction of sp³-hybridized carbons (Fsp3) is 0.400. The van der Waals surface area contributed by atoms with Crippen LogP contribution in [-0.2, 0) is 14.7 Å². The predicted octanol–water partition coefficient (Wildman–Crippen LogP) is 2.25. The minimum absolute atomic E-state index is 0.364. The summed E-state index contributed by atoms with van der Waals surface area (Å²) in [5.74, 6) is 0.910. The van der Waals surface area contributed by atoms with E-state index in [1.165, 1.54) is 17.6 Å². The van der Waals surface area contributed by atoms with Gasteiger partial charge in [0.25, 0.3) is 0 Å². The van der Waals surface area contributed by atoms with Crippen LogP contribution in [0.5, 0.6) is 0 Å². The summed E-state index contributed by atoms with van der Waals surface area (Å²) < 4.78 is 10.4. The molecule has 0 spiro atoms. The highest BCUT2D eigenvalue weighted by Gasteiger charge is 2.22. The number of epoxide rings is 1. The van der Waals surface area contributed by atoms with Crippen LogP contribution < -0.4 is 0 Å². The van der Waals surface area contributed by atoms with Gasteiger partial charge in [0, 0.05) is 5.75 Å². The molecule has 70 valence electrons. The lowest BCUT2D eigenvalue weighted by molar-refractivity contribution is 0.295. The van der Waals surface area contributed by atoms with Crippen molar-refractivity contribution in [1.82, 2.24) is 0 Å². The monoisotopic (exact) mass is 196 g/mol. The van der Waals surface area contributed by atoms with E-state index in [4.69, 9.17) is 8.92 Å². The first-order valence-electron chi connectivity index (χ1n) is 4.35. The van der Waals surface area contributed by atoms with E-state index in [0.29, 0.717) is 6.10 Å². The summed E-state index contributed by atoms with van der Waals surface area (Å²) in [6, 6.07) is 10.3. The molecule has 1 unspecified atom stereocenters. The Balaban J connectivity index is 1.61. The fourth-order valence-electron chi connectivity index (χ4n) is 0.972. The zero-order valence-electron chi connectivity index (χ0n) is 7.31. The van der Waals surface area contributed by atoms with Crippen molar-refractivity contribution in [2.45, 2.75) is 11.9 Å². The summed E-state index contributed by atoms with van der Waals surface area (Å²) in [5.41, 5.74) is 1.30. The zero-order valence-corrected chi connectivity index (χ0v) is 8.13. The number of benzene rings is 1. The summed E-state index contributed by atoms with van der Waals surface area (Å²) in [4.78, 5) is 0. The third-order valence-electron chi connectivity index (χ3n) is 1.81. The number of ether oxygens (including phenoxy) is 1. The predicted molar refractivity (Wildman–Crippen MR) is 53.4 cm³/mol. The summed E-state index contributed by atoms with van der Waals surface area (Å²) >= 11 is 1.49. The molecule has 0 saturated carbocycles. The van der Waals surface area contributed by atoms with Crippen LogP contribution in [0.25, 0.3) is 0 Å². The van der Waals surface area contributed by atoms with Gasteiger partial charge in [-0.05, 0) is 17.6 Å². The van der Waals surface area contributed by atoms with Crippen molar-refractivity contribution in [2.75, 3.05) is 13.2 Å². The lowest BCUT2D eigenvalue weighted by atomic mass is 10.2. The number of rotatable bonds is 5. The van der Waals surface area contributed by atoms with Gasteiger partial charge in [-0.25, -0.2) is 0 Å². The van der Waals surface area contributed by atoms with Gasteiger partial charge < -0.3 is 8.92 Å². The van der Waals surface area contributed by atoms with Gasteiger partial charge in [0.05, 0.1) is 13.2 Å². The van der Waals surface area contributed by atoms with Crippen molar-refractivity contribution in [3.63, 3.8) is 0 Å². The van der Waals surface area contributed by atoms with Gasteiger partial charge in [-0.15, -0.1) is 0 Å². The highest BCUT2D eigenvalue weighted by atomic mass is 32.2. The van der Waals surface area contributed by atoms with Crippen molar-refractivity contribution in [2.24, 2.45) is 0 Å². The third-order valence-corrected chi connectivity index (χ3v) is 2.56. The molecular formula is C10H12O2S. The Labute approximate surface area is 82.4 Å². The Hall–Kier alpha value is -0.510. The Morgan fingerprint density at radius 1 is 1.38 bits per heavy atom. The molecule has 0 bridgehead atoms. The van der Waals surface area contributed by atoms with Crippen molar-refractivity contribution < 1.29 is 8.92 Å². The molecule has 13 heavy (non-hydrogen) atoms. The molecule has 1 heterocycles. The van der Waals surface area contributed by atoms with E-state index < -0.39 is 0 Å². The minimum atomic E-state index is 0.364. The average molecular weight is 196 g/mol. The van der Waals surface area contributed by atoms with Crippen LogP contribution >= 0.6 is 12.0 Å². The number of hydrogen-bond donors (Lipinski definition) is 0. The maximum Gasteiger partial charge on any atom is 0.105 e. The fourth-order valence-corrected chi connectivity index (χ4v) is 1.63. The smallest absolute Gasteiger partial charge is 0.105 e. The number of hydrogen-bond acceptors (Lipinski definition) is 3.